The first-order valence-corrected chi connectivity index (χ1v) is 5.52. The maximum atomic E-state index is 11.9. The van der Waals surface area contributed by atoms with Crippen molar-refractivity contribution in [3.63, 3.8) is 0 Å². The zero-order valence-electron chi connectivity index (χ0n) is 9.92. The fraction of sp³-hybridized carbons (Fsp3) is 0.417. The summed E-state index contributed by atoms with van der Waals surface area (Å²) in [6.07, 6.45) is -3.82. The lowest BCUT2D eigenvalue weighted by Crippen LogP contribution is -2.44. The number of carbonyl (C=O) groups excluding carboxylic acids is 1. The van der Waals surface area contributed by atoms with Gasteiger partial charge in [-0.25, -0.2) is 4.79 Å². The summed E-state index contributed by atoms with van der Waals surface area (Å²) in [5.41, 5.74) is 1.01. The van der Waals surface area contributed by atoms with E-state index in [2.05, 4.69) is 5.32 Å². The number of nitrogens with one attached hydrogen (secondary N) is 2. The molecule has 0 bridgehead atoms. The van der Waals surface area contributed by atoms with Crippen molar-refractivity contribution in [1.82, 2.24) is 10.6 Å². The molecule has 1 aromatic rings. The second-order valence-electron chi connectivity index (χ2n) is 4.03. The first-order valence-electron chi connectivity index (χ1n) is 5.52. The van der Waals surface area contributed by atoms with E-state index in [1.54, 1.807) is 12.2 Å². The molecule has 0 aliphatic heterocycles. The highest BCUT2D eigenvalue weighted by atomic mass is 19.4. The summed E-state index contributed by atoms with van der Waals surface area (Å²) in [5.74, 6) is 0. The van der Waals surface area contributed by atoms with Crippen LogP contribution in [0.25, 0.3) is 0 Å². The topological polar surface area (TPSA) is 41.1 Å². The van der Waals surface area contributed by atoms with E-state index in [9.17, 15) is 18.0 Å². The predicted octanol–water partition coefficient (Wildman–Crippen LogP) is 2.48. The molecule has 18 heavy (non-hydrogen) atoms. The van der Waals surface area contributed by atoms with Gasteiger partial charge < -0.3 is 10.6 Å². The number of hydrogen-bond donors (Lipinski definition) is 2. The molecule has 2 N–H and O–H groups in total. The molecule has 0 aliphatic rings. The van der Waals surface area contributed by atoms with Gasteiger partial charge in [0.05, 0.1) is 0 Å². The van der Waals surface area contributed by atoms with E-state index in [0.29, 0.717) is 6.42 Å². The highest BCUT2D eigenvalue weighted by molar-refractivity contribution is 5.74. The van der Waals surface area contributed by atoms with Crippen LogP contribution in [0.4, 0.5) is 18.0 Å². The van der Waals surface area contributed by atoms with Crippen molar-refractivity contribution in [2.45, 2.75) is 25.6 Å². The zero-order chi connectivity index (χ0) is 13.6. The van der Waals surface area contributed by atoms with Crippen LogP contribution in [0.1, 0.15) is 12.5 Å². The Hall–Kier alpha value is -1.72. The van der Waals surface area contributed by atoms with Gasteiger partial charge in [-0.3, -0.25) is 0 Å². The van der Waals surface area contributed by atoms with Gasteiger partial charge in [0.2, 0.25) is 0 Å². The fourth-order valence-corrected chi connectivity index (χ4v) is 1.47. The van der Waals surface area contributed by atoms with Gasteiger partial charge in [-0.1, -0.05) is 30.3 Å². The molecule has 3 nitrogen and oxygen atoms in total. The van der Waals surface area contributed by atoms with E-state index in [4.69, 9.17) is 0 Å². The Kier molecular flexibility index (Phi) is 5.00. The summed E-state index contributed by atoms with van der Waals surface area (Å²) >= 11 is 0. The molecule has 0 fully saturated rings. The van der Waals surface area contributed by atoms with Crippen LogP contribution >= 0.6 is 0 Å². The van der Waals surface area contributed by atoms with Crippen LogP contribution < -0.4 is 10.6 Å². The maximum Gasteiger partial charge on any atom is 0.405 e. The molecule has 0 spiro atoms. The van der Waals surface area contributed by atoms with Crippen LogP contribution in [-0.2, 0) is 6.42 Å². The molecule has 0 aromatic heterocycles. The first kappa shape index (κ1) is 14.3. The second-order valence-corrected chi connectivity index (χ2v) is 4.03. The molecule has 1 unspecified atom stereocenters. The minimum absolute atomic E-state index is 0.236. The Bertz CT molecular complexity index is 379. The molecule has 1 aromatic carbocycles. The SMILES string of the molecule is CC(Cc1ccccc1)NC(=O)NCC(F)(F)F. The van der Waals surface area contributed by atoms with Crippen molar-refractivity contribution in [3.05, 3.63) is 35.9 Å². The van der Waals surface area contributed by atoms with Crippen LogP contribution in [0.2, 0.25) is 0 Å². The molecule has 0 heterocycles. The molecular weight excluding hydrogens is 245 g/mol. The normalized spacial score (nSPS) is 12.9. The average Bonchev–Trinajstić information content (AvgIpc) is 2.26. The van der Waals surface area contributed by atoms with Gasteiger partial charge in [-0.15, -0.1) is 0 Å². The number of urea groups is 1. The largest absolute Gasteiger partial charge is 0.405 e. The predicted molar refractivity (Wildman–Crippen MR) is 62.2 cm³/mol. The first-order chi connectivity index (χ1) is 8.37. The van der Waals surface area contributed by atoms with E-state index in [1.165, 1.54) is 0 Å². The van der Waals surface area contributed by atoms with Gasteiger partial charge in [0.1, 0.15) is 6.54 Å². The highest BCUT2D eigenvalue weighted by Gasteiger charge is 2.27. The lowest BCUT2D eigenvalue weighted by Gasteiger charge is -2.15. The monoisotopic (exact) mass is 260 g/mol. The smallest absolute Gasteiger partial charge is 0.335 e. The third-order valence-corrected chi connectivity index (χ3v) is 2.21. The van der Waals surface area contributed by atoms with Crippen molar-refractivity contribution in [3.8, 4) is 0 Å². The van der Waals surface area contributed by atoms with Gasteiger partial charge in [-0.05, 0) is 18.9 Å². The summed E-state index contributed by atoms with van der Waals surface area (Å²) in [6.45, 7) is 0.414. The molecule has 6 heteroatoms. The number of carbonyl (C=O) groups is 1. The Labute approximate surface area is 103 Å². The Morgan fingerprint density at radius 1 is 1.28 bits per heavy atom. The third kappa shape index (κ3) is 6.12. The van der Waals surface area contributed by atoms with Crippen LogP contribution in [0.3, 0.4) is 0 Å². The van der Waals surface area contributed by atoms with Crippen LogP contribution in [0.5, 0.6) is 0 Å². The van der Waals surface area contributed by atoms with Crippen LogP contribution in [0.15, 0.2) is 30.3 Å². The highest BCUT2D eigenvalue weighted by Crippen LogP contribution is 2.12. The quantitative estimate of drug-likeness (QED) is 0.858. The van der Waals surface area contributed by atoms with Crippen molar-refractivity contribution in [2.24, 2.45) is 0 Å². The van der Waals surface area contributed by atoms with Gasteiger partial charge in [0, 0.05) is 6.04 Å². The molecule has 0 radical (unpaired) electrons. The summed E-state index contributed by atoms with van der Waals surface area (Å²) < 4.78 is 35.6. The zero-order valence-corrected chi connectivity index (χ0v) is 9.92. The number of amides is 2. The lowest BCUT2D eigenvalue weighted by molar-refractivity contribution is -0.122. The minimum atomic E-state index is -4.39. The summed E-state index contributed by atoms with van der Waals surface area (Å²) in [7, 11) is 0. The minimum Gasteiger partial charge on any atom is -0.335 e. The fourth-order valence-electron chi connectivity index (χ4n) is 1.47. The average molecular weight is 260 g/mol. The Balaban J connectivity index is 2.32. The van der Waals surface area contributed by atoms with Crippen LogP contribution in [0, 0.1) is 0 Å². The number of halogens is 3. The number of alkyl halides is 3. The summed E-state index contributed by atoms with van der Waals surface area (Å²) in [6, 6.07) is 8.35. The van der Waals surface area contributed by atoms with E-state index in [0.717, 1.165) is 5.56 Å². The number of hydrogen-bond acceptors (Lipinski definition) is 1. The summed E-state index contributed by atoms with van der Waals surface area (Å²) in [4.78, 5) is 11.2. The van der Waals surface area contributed by atoms with Crippen molar-refractivity contribution >= 4 is 6.03 Å². The van der Waals surface area contributed by atoms with Crippen molar-refractivity contribution in [2.75, 3.05) is 6.54 Å². The molecule has 0 saturated carbocycles. The van der Waals surface area contributed by atoms with Gasteiger partial charge >= 0.3 is 12.2 Å². The van der Waals surface area contributed by atoms with Crippen LogP contribution in [-0.4, -0.2) is 24.8 Å². The van der Waals surface area contributed by atoms with E-state index < -0.39 is 18.8 Å². The molecule has 1 atom stereocenters. The summed E-state index contributed by atoms with van der Waals surface area (Å²) in [5, 5.41) is 4.22. The maximum absolute atomic E-state index is 11.9. The van der Waals surface area contributed by atoms with E-state index in [-0.39, 0.29) is 6.04 Å². The number of rotatable bonds is 4. The van der Waals surface area contributed by atoms with Crippen molar-refractivity contribution in [1.29, 1.82) is 0 Å². The Morgan fingerprint density at radius 3 is 2.44 bits per heavy atom. The number of benzene rings is 1. The molecular formula is C12H15F3N2O. The van der Waals surface area contributed by atoms with E-state index >= 15 is 0 Å². The standard InChI is InChI=1S/C12H15F3N2O/c1-9(7-10-5-3-2-4-6-10)17-11(18)16-8-12(13,14)15/h2-6,9H,7-8H2,1H3,(H2,16,17,18). The molecule has 1 rings (SSSR count). The molecule has 0 aliphatic carbocycles. The van der Waals surface area contributed by atoms with Gasteiger partial charge in [-0.2, -0.15) is 13.2 Å². The van der Waals surface area contributed by atoms with E-state index in [1.807, 2.05) is 30.3 Å². The molecule has 2 amide bonds. The second kappa shape index (κ2) is 6.28. The van der Waals surface area contributed by atoms with Crippen molar-refractivity contribution < 1.29 is 18.0 Å². The van der Waals surface area contributed by atoms with Gasteiger partial charge in [0.25, 0.3) is 0 Å². The molecule has 0 saturated heterocycles. The lowest BCUT2D eigenvalue weighted by atomic mass is 10.1. The van der Waals surface area contributed by atoms with Gasteiger partial charge in [0.15, 0.2) is 0 Å². The Morgan fingerprint density at radius 2 is 1.89 bits per heavy atom. The third-order valence-electron chi connectivity index (χ3n) is 2.21. The molecule has 100 valence electrons.